The van der Waals surface area contributed by atoms with Crippen LogP contribution in [0.1, 0.15) is 38.5 Å². The van der Waals surface area contributed by atoms with E-state index in [1.165, 1.54) is 51.6 Å². The summed E-state index contributed by atoms with van der Waals surface area (Å²) in [5.41, 5.74) is 2.71. The predicted octanol–water partition coefficient (Wildman–Crippen LogP) is 0.680. The molecule has 18 heavy (non-hydrogen) atoms. The maximum atomic E-state index is 5.54. The molecule has 0 atom stereocenters. The van der Waals surface area contributed by atoms with E-state index in [4.69, 9.17) is 5.84 Å². The molecule has 0 radical (unpaired) electrons. The standard InChI is InChI=1S/C13H27N5/c1-18-8-6-11(7-9-18)10-15-13(17-14)16-12-4-2-3-5-12/h11-12H,2-10,14H2,1H3,(H2,15,16,17). The van der Waals surface area contributed by atoms with Crippen LogP contribution in [-0.4, -0.2) is 43.6 Å². The van der Waals surface area contributed by atoms with Crippen LogP contribution in [0.5, 0.6) is 0 Å². The Morgan fingerprint density at radius 1 is 1.22 bits per heavy atom. The normalized spacial score (nSPS) is 24.4. The summed E-state index contributed by atoms with van der Waals surface area (Å²) in [6, 6.07) is 0.567. The fourth-order valence-corrected chi connectivity index (χ4v) is 2.86. The zero-order valence-corrected chi connectivity index (χ0v) is 11.5. The minimum Gasteiger partial charge on any atom is -0.353 e. The van der Waals surface area contributed by atoms with Gasteiger partial charge in [0.25, 0.3) is 0 Å². The van der Waals surface area contributed by atoms with Gasteiger partial charge in [-0.2, -0.15) is 0 Å². The third kappa shape index (κ3) is 4.14. The number of hydrazine groups is 1. The molecule has 5 nitrogen and oxygen atoms in total. The van der Waals surface area contributed by atoms with E-state index in [9.17, 15) is 0 Å². The number of piperidine rings is 1. The highest BCUT2D eigenvalue weighted by Gasteiger charge is 2.18. The van der Waals surface area contributed by atoms with Crippen LogP contribution in [0.15, 0.2) is 4.99 Å². The fraction of sp³-hybridized carbons (Fsp3) is 0.923. The average Bonchev–Trinajstić information content (AvgIpc) is 2.89. The molecule has 0 aromatic carbocycles. The van der Waals surface area contributed by atoms with E-state index in [1.54, 1.807) is 0 Å². The van der Waals surface area contributed by atoms with Crippen LogP contribution in [-0.2, 0) is 0 Å². The molecule has 4 N–H and O–H groups in total. The van der Waals surface area contributed by atoms with Crippen molar-refractivity contribution in [3.63, 3.8) is 0 Å². The van der Waals surface area contributed by atoms with Gasteiger partial charge in [-0.1, -0.05) is 12.8 Å². The molecule has 1 aliphatic heterocycles. The van der Waals surface area contributed by atoms with E-state index in [-0.39, 0.29) is 0 Å². The number of likely N-dealkylation sites (tertiary alicyclic amines) is 1. The summed E-state index contributed by atoms with van der Waals surface area (Å²) in [5.74, 6) is 7.03. The Labute approximate surface area is 110 Å². The summed E-state index contributed by atoms with van der Waals surface area (Å²) < 4.78 is 0. The molecule has 2 aliphatic rings. The summed E-state index contributed by atoms with van der Waals surface area (Å²) in [4.78, 5) is 6.99. The van der Waals surface area contributed by atoms with Crippen LogP contribution in [0.25, 0.3) is 0 Å². The lowest BCUT2D eigenvalue weighted by atomic mass is 9.97. The Hall–Kier alpha value is -0.810. The molecular formula is C13H27N5. The highest BCUT2D eigenvalue weighted by molar-refractivity contribution is 5.79. The Morgan fingerprint density at radius 3 is 2.50 bits per heavy atom. The van der Waals surface area contributed by atoms with E-state index < -0.39 is 0 Å². The molecule has 0 bridgehead atoms. The monoisotopic (exact) mass is 253 g/mol. The fourth-order valence-electron chi connectivity index (χ4n) is 2.86. The minimum absolute atomic E-state index is 0.567. The zero-order valence-electron chi connectivity index (χ0n) is 11.5. The van der Waals surface area contributed by atoms with Gasteiger partial charge in [0, 0.05) is 12.6 Å². The molecule has 2 fully saturated rings. The lowest BCUT2D eigenvalue weighted by Crippen LogP contribution is -2.46. The van der Waals surface area contributed by atoms with Gasteiger partial charge in [-0.3, -0.25) is 10.4 Å². The molecule has 5 heteroatoms. The van der Waals surface area contributed by atoms with Gasteiger partial charge < -0.3 is 10.2 Å². The van der Waals surface area contributed by atoms with Crippen LogP contribution < -0.4 is 16.6 Å². The first-order chi connectivity index (χ1) is 8.78. The zero-order chi connectivity index (χ0) is 12.8. The second-order valence-electron chi connectivity index (χ2n) is 5.71. The molecule has 0 spiro atoms. The van der Waals surface area contributed by atoms with Crippen molar-refractivity contribution in [1.29, 1.82) is 0 Å². The second kappa shape index (κ2) is 6.95. The summed E-state index contributed by atoms with van der Waals surface area (Å²) >= 11 is 0. The topological polar surface area (TPSA) is 65.7 Å². The summed E-state index contributed by atoms with van der Waals surface area (Å²) in [5, 5.41) is 3.42. The van der Waals surface area contributed by atoms with Crippen molar-refractivity contribution in [3.8, 4) is 0 Å². The molecule has 1 saturated carbocycles. The second-order valence-corrected chi connectivity index (χ2v) is 5.71. The van der Waals surface area contributed by atoms with E-state index in [0.717, 1.165) is 18.4 Å². The Morgan fingerprint density at radius 2 is 1.89 bits per heavy atom. The van der Waals surface area contributed by atoms with Gasteiger partial charge in [-0.05, 0) is 51.7 Å². The number of nitrogens with one attached hydrogen (secondary N) is 2. The molecular weight excluding hydrogens is 226 g/mol. The van der Waals surface area contributed by atoms with Crippen molar-refractivity contribution in [2.24, 2.45) is 16.8 Å². The minimum atomic E-state index is 0.567. The van der Waals surface area contributed by atoms with Gasteiger partial charge in [0.05, 0.1) is 0 Å². The summed E-state index contributed by atoms with van der Waals surface area (Å²) in [6.07, 6.45) is 7.64. The number of nitrogens with two attached hydrogens (primary N) is 1. The predicted molar refractivity (Wildman–Crippen MR) is 75.2 cm³/mol. The van der Waals surface area contributed by atoms with Crippen LogP contribution >= 0.6 is 0 Å². The highest BCUT2D eigenvalue weighted by Crippen LogP contribution is 2.18. The summed E-state index contributed by atoms with van der Waals surface area (Å²) in [6.45, 7) is 3.29. The Kier molecular flexibility index (Phi) is 5.26. The smallest absolute Gasteiger partial charge is 0.205 e. The first-order valence-electron chi connectivity index (χ1n) is 7.24. The third-order valence-corrected chi connectivity index (χ3v) is 4.18. The number of hydrogen-bond acceptors (Lipinski definition) is 3. The van der Waals surface area contributed by atoms with E-state index in [0.29, 0.717) is 6.04 Å². The number of nitrogens with zero attached hydrogens (tertiary/aromatic N) is 2. The van der Waals surface area contributed by atoms with Crippen molar-refractivity contribution in [3.05, 3.63) is 0 Å². The molecule has 0 aromatic rings. The maximum absolute atomic E-state index is 5.54. The quantitative estimate of drug-likeness (QED) is 0.299. The molecule has 1 heterocycles. The van der Waals surface area contributed by atoms with Crippen molar-refractivity contribution in [1.82, 2.24) is 15.6 Å². The van der Waals surface area contributed by atoms with Crippen molar-refractivity contribution in [2.45, 2.75) is 44.6 Å². The Balaban J connectivity index is 1.74. The summed E-state index contributed by atoms with van der Waals surface area (Å²) in [7, 11) is 2.19. The number of guanidine groups is 1. The number of rotatable bonds is 3. The Bertz CT molecular complexity index is 265. The first-order valence-corrected chi connectivity index (χ1v) is 7.24. The van der Waals surface area contributed by atoms with Gasteiger partial charge in [0.15, 0.2) is 0 Å². The van der Waals surface area contributed by atoms with Gasteiger partial charge in [0.2, 0.25) is 5.96 Å². The van der Waals surface area contributed by atoms with Gasteiger partial charge in [-0.15, -0.1) is 0 Å². The first kappa shape index (κ1) is 13.6. The largest absolute Gasteiger partial charge is 0.353 e. The van der Waals surface area contributed by atoms with Gasteiger partial charge >= 0.3 is 0 Å². The molecule has 1 aliphatic carbocycles. The van der Waals surface area contributed by atoms with E-state index in [2.05, 4.69) is 27.7 Å². The highest BCUT2D eigenvalue weighted by atomic mass is 15.3. The molecule has 1 saturated heterocycles. The van der Waals surface area contributed by atoms with Crippen LogP contribution in [0.4, 0.5) is 0 Å². The van der Waals surface area contributed by atoms with Gasteiger partial charge in [0.1, 0.15) is 0 Å². The van der Waals surface area contributed by atoms with Gasteiger partial charge in [-0.25, -0.2) is 5.84 Å². The number of hydrogen-bond donors (Lipinski definition) is 3. The van der Waals surface area contributed by atoms with Crippen molar-refractivity contribution < 1.29 is 0 Å². The van der Waals surface area contributed by atoms with E-state index >= 15 is 0 Å². The maximum Gasteiger partial charge on any atom is 0.205 e. The van der Waals surface area contributed by atoms with E-state index in [1.807, 2.05) is 0 Å². The molecule has 104 valence electrons. The molecule has 0 unspecified atom stereocenters. The lowest BCUT2D eigenvalue weighted by molar-refractivity contribution is 0.223. The molecule has 0 amide bonds. The lowest BCUT2D eigenvalue weighted by Gasteiger charge is -2.28. The molecule has 0 aromatic heterocycles. The van der Waals surface area contributed by atoms with Crippen LogP contribution in [0, 0.1) is 5.92 Å². The average molecular weight is 253 g/mol. The number of aliphatic imine (C=N–C) groups is 1. The van der Waals surface area contributed by atoms with Crippen LogP contribution in [0.3, 0.4) is 0 Å². The van der Waals surface area contributed by atoms with Crippen molar-refractivity contribution in [2.75, 3.05) is 26.7 Å². The van der Waals surface area contributed by atoms with Crippen molar-refractivity contribution >= 4 is 5.96 Å². The third-order valence-electron chi connectivity index (χ3n) is 4.18. The SMILES string of the molecule is CN1CCC(CN=C(NN)NC2CCCC2)CC1. The molecule has 2 rings (SSSR count). The van der Waals surface area contributed by atoms with Crippen LogP contribution in [0.2, 0.25) is 0 Å².